The van der Waals surface area contributed by atoms with Gasteiger partial charge in [-0.3, -0.25) is 9.80 Å². The van der Waals surface area contributed by atoms with Crippen molar-refractivity contribution >= 4 is 0 Å². The summed E-state index contributed by atoms with van der Waals surface area (Å²) in [6, 6.07) is 10.3. The topological polar surface area (TPSA) is 46.9 Å². The van der Waals surface area contributed by atoms with Crippen LogP contribution in [0, 0.1) is 0 Å². The van der Waals surface area contributed by atoms with Crippen molar-refractivity contribution in [3.05, 3.63) is 35.9 Å². The van der Waals surface area contributed by atoms with Crippen molar-refractivity contribution in [1.29, 1.82) is 0 Å². The first-order chi connectivity index (χ1) is 11.6. The van der Waals surface area contributed by atoms with Crippen molar-refractivity contribution in [3.8, 4) is 0 Å². The molecule has 2 N–H and O–H groups in total. The summed E-state index contributed by atoms with van der Waals surface area (Å²) in [4.78, 5) is 4.79. The molecule has 1 saturated carbocycles. The summed E-state index contributed by atoms with van der Waals surface area (Å²) in [7, 11) is 0. The van der Waals surface area contributed by atoms with Crippen molar-refractivity contribution in [1.82, 2.24) is 9.80 Å². The molecular weight excluding hydrogens is 300 g/mol. The van der Waals surface area contributed by atoms with Crippen LogP contribution in [0.15, 0.2) is 30.3 Å². The number of hydrogen-bond acceptors (Lipinski definition) is 4. The maximum absolute atomic E-state index is 10.8. The van der Waals surface area contributed by atoms with Gasteiger partial charge in [-0.05, 0) is 25.3 Å². The molecule has 2 atom stereocenters. The molecule has 0 amide bonds. The lowest BCUT2D eigenvalue weighted by Gasteiger charge is -2.44. The summed E-state index contributed by atoms with van der Waals surface area (Å²) >= 11 is 0. The van der Waals surface area contributed by atoms with Crippen LogP contribution in [-0.4, -0.2) is 64.4 Å². The molecule has 0 aromatic heterocycles. The van der Waals surface area contributed by atoms with Crippen LogP contribution >= 0.6 is 0 Å². The molecule has 1 aliphatic carbocycles. The quantitative estimate of drug-likeness (QED) is 0.869. The molecule has 1 aromatic rings. The first-order valence-electron chi connectivity index (χ1n) is 9.48. The second-order valence-electron chi connectivity index (χ2n) is 7.79. The molecule has 0 unspecified atom stereocenters. The minimum atomic E-state index is -0.469. The van der Waals surface area contributed by atoms with Gasteiger partial charge in [-0.15, -0.1) is 0 Å². The van der Waals surface area contributed by atoms with Gasteiger partial charge < -0.3 is 10.2 Å². The van der Waals surface area contributed by atoms with Crippen LogP contribution in [0.3, 0.4) is 0 Å². The molecule has 0 radical (unpaired) electrons. The van der Waals surface area contributed by atoms with Gasteiger partial charge in [0.05, 0.1) is 11.7 Å². The average Bonchev–Trinajstić information content (AvgIpc) is 2.58. The molecular formula is C20H32N2O2. The van der Waals surface area contributed by atoms with Gasteiger partial charge in [0.15, 0.2) is 0 Å². The summed E-state index contributed by atoms with van der Waals surface area (Å²) in [5.74, 6) is 0. The molecule has 1 heterocycles. The van der Waals surface area contributed by atoms with Crippen LogP contribution in [0.4, 0.5) is 0 Å². The molecule has 2 aliphatic rings. The minimum absolute atomic E-state index is 0.407. The van der Waals surface area contributed by atoms with E-state index in [9.17, 15) is 10.2 Å². The van der Waals surface area contributed by atoms with Gasteiger partial charge in [0.1, 0.15) is 0 Å². The van der Waals surface area contributed by atoms with Gasteiger partial charge in [0.2, 0.25) is 0 Å². The Morgan fingerprint density at radius 1 is 1.12 bits per heavy atom. The number of rotatable bonds is 5. The zero-order valence-corrected chi connectivity index (χ0v) is 14.9. The highest BCUT2D eigenvalue weighted by Crippen LogP contribution is 2.29. The summed E-state index contributed by atoms with van der Waals surface area (Å²) in [5.41, 5.74) is 0.521. The summed E-state index contributed by atoms with van der Waals surface area (Å²) in [6.45, 7) is 6.64. The summed E-state index contributed by atoms with van der Waals surface area (Å²) in [5, 5.41) is 21.2. The number of nitrogens with zero attached hydrogens (tertiary/aromatic N) is 2. The van der Waals surface area contributed by atoms with Crippen LogP contribution in [0.5, 0.6) is 0 Å². The molecule has 24 heavy (non-hydrogen) atoms. The number of piperazine rings is 1. The van der Waals surface area contributed by atoms with Crippen LogP contribution < -0.4 is 0 Å². The normalized spacial score (nSPS) is 27.0. The molecule has 0 spiro atoms. The predicted molar refractivity (Wildman–Crippen MR) is 96.9 cm³/mol. The fourth-order valence-electron chi connectivity index (χ4n) is 4.27. The fraction of sp³-hybridized carbons (Fsp3) is 0.700. The number of aliphatic hydroxyl groups is 2. The van der Waals surface area contributed by atoms with E-state index >= 15 is 0 Å². The van der Waals surface area contributed by atoms with Gasteiger partial charge in [0, 0.05) is 38.8 Å². The molecule has 1 aliphatic heterocycles. The van der Waals surface area contributed by atoms with Crippen molar-refractivity contribution < 1.29 is 10.2 Å². The van der Waals surface area contributed by atoms with Crippen molar-refractivity contribution in [2.24, 2.45) is 0 Å². The van der Waals surface area contributed by atoms with Gasteiger partial charge in [-0.1, -0.05) is 49.6 Å². The van der Waals surface area contributed by atoms with E-state index < -0.39 is 11.7 Å². The Balaban J connectivity index is 1.50. The Kier molecular flexibility index (Phi) is 5.93. The molecule has 2 fully saturated rings. The first-order valence-corrected chi connectivity index (χ1v) is 9.48. The highest BCUT2D eigenvalue weighted by Gasteiger charge is 2.34. The first kappa shape index (κ1) is 17.9. The van der Waals surface area contributed by atoms with Gasteiger partial charge in [-0.2, -0.15) is 0 Å². The summed E-state index contributed by atoms with van der Waals surface area (Å²) < 4.78 is 0. The van der Waals surface area contributed by atoms with Crippen LogP contribution in [0.2, 0.25) is 0 Å². The van der Waals surface area contributed by atoms with Crippen LogP contribution in [-0.2, 0) is 0 Å². The Hall–Kier alpha value is -0.940. The van der Waals surface area contributed by atoms with Gasteiger partial charge >= 0.3 is 0 Å². The lowest BCUT2D eigenvalue weighted by atomic mass is 9.84. The Labute approximate surface area is 146 Å². The van der Waals surface area contributed by atoms with E-state index in [0.717, 1.165) is 57.4 Å². The summed E-state index contributed by atoms with van der Waals surface area (Å²) in [6.07, 6.45) is 5.07. The largest absolute Gasteiger partial charge is 0.389 e. The van der Waals surface area contributed by atoms with E-state index in [1.165, 1.54) is 6.42 Å². The van der Waals surface area contributed by atoms with E-state index in [-0.39, 0.29) is 0 Å². The maximum Gasteiger partial charge on any atom is 0.0917 e. The number of hydrogen-bond donors (Lipinski definition) is 2. The molecule has 134 valence electrons. The highest BCUT2D eigenvalue weighted by molar-refractivity contribution is 5.17. The molecule has 3 rings (SSSR count). The highest BCUT2D eigenvalue weighted by atomic mass is 16.3. The smallest absolute Gasteiger partial charge is 0.0917 e. The second kappa shape index (κ2) is 7.96. The SMILES string of the molecule is C[C@H]1CN(CC2(O)CCCCC2)CCN1C[C@@H](O)c1ccccc1. The zero-order valence-electron chi connectivity index (χ0n) is 14.9. The molecule has 0 bridgehead atoms. The zero-order chi connectivity index (χ0) is 17.0. The third kappa shape index (κ3) is 4.57. The maximum atomic E-state index is 10.8. The van der Waals surface area contributed by atoms with Gasteiger partial charge in [0.25, 0.3) is 0 Å². The van der Waals surface area contributed by atoms with E-state index in [1.807, 2.05) is 30.3 Å². The lowest BCUT2D eigenvalue weighted by molar-refractivity contribution is -0.0462. The predicted octanol–water partition coefficient (Wildman–Crippen LogP) is 2.42. The third-order valence-electron chi connectivity index (χ3n) is 5.74. The lowest BCUT2D eigenvalue weighted by Crippen LogP contribution is -2.56. The van der Waals surface area contributed by atoms with E-state index in [0.29, 0.717) is 12.6 Å². The van der Waals surface area contributed by atoms with E-state index in [4.69, 9.17) is 0 Å². The number of benzene rings is 1. The monoisotopic (exact) mass is 332 g/mol. The Morgan fingerprint density at radius 2 is 1.83 bits per heavy atom. The molecule has 4 nitrogen and oxygen atoms in total. The number of aliphatic hydroxyl groups excluding tert-OH is 1. The van der Waals surface area contributed by atoms with E-state index in [2.05, 4.69) is 16.7 Å². The molecule has 1 aromatic carbocycles. The fourth-order valence-corrected chi connectivity index (χ4v) is 4.27. The third-order valence-corrected chi connectivity index (χ3v) is 5.74. The van der Waals surface area contributed by atoms with Crippen LogP contribution in [0.1, 0.15) is 50.7 Å². The minimum Gasteiger partial charge on any atom is -0.389 e. The van der Waals surface area contributed by atoms with Gasteiger partial charge in [-0.25, -0.2) is 0 Å². The van der Waals surface area contributed by atoms with Crippen molar-refractivity contribution in [2.75, 3.05) is 32.7 Å². The second-order valence-corrected chi connectivity index (χ2v) is 7.79. The standard InChI is InChI=1S/C20H32N2O2/c1-17-14-21(16-20(24)10-6-3-7-11-20)12-13-22(17)15-19(23)18-8-4-2-5-9-18/h2,4-5,8-9,17,19,23-24H,3,6-7,10-16H2,1H3/t17-,19+/m0/s1. The number of β-amino-alcohol motifs (C(OH)–C–C–N with tert-alkyl or cyclic N) is 2. The molecule has 4 heteroatoms. The Bertz CT molecular complexity index is 502. The van der Waals surface area contributed by atoms with Crippen LogP contribution in [0.25, 0.3) is 0 Å². The van der Waals surface area contributed by atoms with E-state index in [1.54, 1.807) is 0 Å². The molecule has 1 saturated heterocycles. The average molecular weight is 332 g/mol. The van der Waals surface area contributed by atoms with Crippen molar-refractivity contribution in [3.63, 3.8) is 0 Å². The Morgan fingerprint density at radius 3 is 2.50 bits per heavy atom. The van der Waals surface area contributed by atoms with Crippen molar-refractivity contribution in [2.45, 2.75) is 56.8 Å².